The number of rotatable bonds is 10. The highest BCUT2D eigenvalue weighted by molar-refractivity contribution is 5.95. The third-order valence-electron chi connectivity index (χ3n) is 6.96. The molecule has 2 aliphatic heterocycles. The number of aromatic carboxylic acids is 1. The van der Waals surface area contributed by atoms with Gasteiger partial charge < -0.3 is 29.4 Å². The number of pyridine rings is 1. The number of nitrogens with zero attached hydrogens (tertiary/aromatic N) is 5. The molecule has 0 aliphatic carbocycles. The van der Waals surface area contributed by atoms with E-state index in [0.29, 0.717) is 23.4 Å². The smallest absolute Gasteiger partial charge is 0.337 e. The Kier molecular flexibility index (Phi) is 8.33. The monoisotopic (exact) mass is 587 g/mol. The first-order valence-electron chi connectivity index (χ1n) is 13.7. The lowest BCUT2D eigenvalue weighted by Gasteiger charge is -2.20. The molecule has 3 aromatic heterocycles. The number of urea groups is 1. The van der Waals surface area contributed by atoms with E-state index in [-0.39, 0.29) is 24.6 Å². The van der Waals surface area contributed by atoms with Crippen LogP contribution in [-0.2, 0) is 25.6 Å². The van der Waals surface area contributed by atoms with Crippen molar-refractivity contribution in [3.8, 4) is 0 Å². The second-order valence-electron chi connectivity index (χ2n) is 9.75. The second-order valence-corrected chi connectivity index (χ2v) is 9.75. The number of nitrogens with one attached hydrogen (secondary N) is 2. The van der Waals surface area contributed by atoms with Crippen molar-refractivity contribution in [2.45, 2.75) is 44.4 Å². The number of aromatic nitrogens is 5. The van der Waals surface area contributed by atoms with Crippen LogP contribution in [0.3, 0.4) is 0 Å². The lowest BCUT2D eigenvalue weighted by Crippen LogP contribution is -2.32. The summed E-state index contributed by atoms with van der Waals surface area (Å²) < 4.78 is 26.6. The number of hydrogen-bond donors (Lipinski definition) is 3. The normalized spacial score (nSPS) is 23.0. The molecule has 2 aliphatic rings. The number of benzene rings is 1. The molecule has 1 aromatic carbocycles. The highest BCUT2D eigenvalue weighted by Crippen LogP contribution is 2.41. The molecular weight excluding hydrogens is 558 g/mol. The fraction of sp³-hybridized carbons (Fsp3) is 0.310. The summed E-state index contributed by atoms with van der Waals surface area (Å²) in [5, 5.41) is 14.8. The van der Waals surface area contributed by atoms with E-state index in [1.165, 1.54) is 18.6 Å². The Balaban J connectivity index is 1.24. The summed E-state index contributed by atoms with van der Waals surface area (Å²) in [4.78, 5) is 40.9. The Labute approximate surface area is 245 Å². The minimum atomic E-state index is -1.08. The van der Waals surface area contributed by atoms with Crippen molar-refractivity contribution < 1.29 is 33.6 Å². The van der Waals surface area contributed by atoms with Crippen molar-refractivity contribution in [3.05, 3.63) is 84.2 Å². The molecule has 43 heavy (non-hydrogen) atoms. The molecule has 5 heterocycles. The van der Waals surface area contributed by atoms with Gasteiger partial charge in [-0.15, -0.1) is 0 Å². The fourth-order valence-corrected chi connectivity index (χ4v) is 5.02. The third kappa shape index (κ3) is 6.08. The second kappa shape index (κ2) is 12.6. The summed E-state index contributed by atoms with van der Waals surface area (Å²) in [6.45, 7) is 2.31. The largest absolute Gasteiger partial charge is 0.478 e. The first kappa shape index (κ1) is 28.4. The number of fused-ring (bicyclic) bond motifs is 2. The molecule has 0 radical (unpaired) electrons. The summed E-state index contributed by atoms with van der Waals surface area (Å²) in [6.07, 6.45) is 5.14. The lowest BCUT2D eigenvalue weighted by atomic mass is 10.1. The number of carboxylic acids is 1. The summed E-state index contributed by atoms with van der Waals surface area (Å²) in [5.41, 5.74) is 2.17. The standard InChI is InChI=1S/C29H29N7O7/c1-2-30-29(39)35-25-22-26(33-15-32-25)36(16-34-22)27-24-23(42-21(43-24)11-10-17-7-4-3-5-8-17)20(41-27)14-40-13-19-18(28(37)38)9-6-12-31-19/h3-12,15-16,20-21,23-24,27H,2,13-14H2,1H3,(H,37,38)(H2,30,32,33,35,39)/t20?,21-,23?,24?,27?/m0/s1. The van der Waals surface area contributed by atoms with Crippen LogP contribution in [0.4, 0.5) is 10.6 Å². The van der Waals surface area contributed by atoms with E-state index in [2.05, 4.69) is 30.6 Å². The highest BCUT2D eigenvalue weighted by atomic mass is 16.8. The maximum Gasteiger partial charge on any atom is 0.337 e. The van der Waals surface area contributed by atoms with Gasteiger partial charge in [0.15, 0.2) is 29.5 Å². The van der Waals surface area contributed by atoms with Crippen molar-refractivity contribution >= 4 is 35.1 Å². The van der Waals surface area contributed by atoms with E-state index >= 15 is 0 Å². The van der Waals surface area contributed by atoms with Crippen LogP contribution in [0, 0.1) is 0 Å². The topological polar surface area (TPSA) is 172 Å². The fourth-order valence-electron chi connectivity index (χ4n) is 5.02. The minimum absolute atomic E-state index is 0.0291. The van der Waals surface area contributed by atoms with E-state index < -0.39 is 42.8 Å². The summed E-state index contributed by atoms with van der Waals surface area (Å²) >= 11 is 0. The predicted octanol–water partition coefficient (Wildman–Crippen LogP) is 3.00. The Morgan fingerprint density at radius 2 is 1.88 bits per heavy atom. The molecule has 14 nitrogen and oxygen atoms in total. The zero-order chi connectivity index (χ0) is 29.8. The van der Waals surface area contributed by atoms with Gasteiger partial charge in [0.2, 0.25) is 0 Å². The number of imidazole rings is 1. The Hall–Kier alpha value is -4.76. The van der Waals surface area contributed by atoms with E-state index in [0.717, 1.165) is 5.56 Å². The third-order valence-corrected chi connectivity index (χ3v) is 6.96. The lowest BCUT2D eigenvalue weighted by molar-refractivity contribution is -0.139. The van der Waals surface area contributed by atoms with Gasteiger partial charge in [-0.2, -0.15) is 0 Å². The van der Waals surface area contributed by atoms with E-state index in [1.807, 2.05) is 49.4 Å². The van der Waals surface area contributed by atoms with Crippen LogP contribution in [0.2, 0.25) is 0 Å². The quantitative estimate of drug-likeness (QED) is 0.249. The molecule has 2 amide bonds. The molecule has 4 aromatic rings. The van der Waals surface area contributed by atoms with Crippen LogP contribution in [0.25, 0.3) is 17.2 Å². The molecule has 6 rings (SSSR count). The minimum Gasteiger partial charge on any atom is -0.478 e. The Bertz CT molecular complexity index is 1630. The van der Waals surface area contributed by atoms with Crippen LogP contribution in [-0.4, -0.2) is 79.4 Å². The van der Waals surface area contributed by atoms with Crippen molar-refractivity contribution in [1.82, 2.24) is 29.8 Å². The van der Waals surface area contributed by atoms with Crippen LogP contribution in [0.1, 0.15) is 34.8 Å². The molecule has 5 atom stereocenters. The van der Waals surface area contributed by atoms with Gasteiger partial charge in [-0.1, -0.05) is 36.4 Å². The van der Waals surface area contributed by atoms with Crippen molar-refractivity contribution in [3.63, 3.8) is 0 Å². The van der Waals surface area contributed by atoms with Gasteiger partial charge in [0.1, 0.15) is 24.6 Å². The van der Waals surface area contributed by atoms with Crippen molar-refractivity contribution in [1.29, 1.82) is 0 Å². The Morgan fingerprint density at radius 3 is 2.70 bits per heavy atom. The maximum atomic E-state index is 12.1. The SMILES string of the molecule is CCNC(=O)Nc1ncnc2c1ncn2C1OC(COCc2ncccc2C(=O)O)C2O[C@H](C=Cc3ccccc3)OC21. The van der Waals surface area contributed by atoms with Gasteiger partial charge in [-0.3, -0.25) is 14.9 Å². The molecule has 2 fully saturated rings. The average Bonchev–Trinajstić information content (AvgIpc) is 3.72. The van der Waals surface area contributed by atoms with E-state index in [9.17, 15) is 14.7 Å². The number of amides is 2. The van der Waals surface area contributed by atoms with E-state index in [1.54, 1.807) is 17.0 Å². The molecule has 4 unspecified atom stereocenters. The summed E-state index contributed by atoms with van der Waals surface area (Å²) in [7, 11) is 0. The maximum absolute atomic E-state index is 12.1. The van der Waals surface area contributed by atoms with E-state index in [4.69, 9.17) is 18.9 Å². The van der Waals surface area contributed by atoms with Crippen LogP contribution >= 0.6 is 0 Å². The highest BCUT2D eigenvalue weighted by Gasteiger charge is 2.53. The van der Waals surface area contributed by atoms with Crippen LogP contribution in [0.15, 0.2) is 67.4 Å². The summed E-state index contributed by atoms with van der Waals surface area (Å²) in [6, 6.07) is 12.4. The number of carbonyl (C=O) groups excluding carboxylic acids is 1. The van der Waals surface area contributed by atoms with Gasteiger partial charge >= 0.3 is 12.0 Å². The average molecular weight is 588 g/mol. The number of ether oxygens (including phenoxy) is 4. The molecule has 222 valence electrons. The summed E-state index contributed by atoms with van der Waals surface area (Å²) in [5.74, 6) is -0.833. The molecule has 3 N–H and O–H groups in total. The number of carboxylic acid groups (broad SMARTS) is 1. The first-order valence-corrected chi connectivity index (χ1v) is 13.7. The molecule has 0 bridgehead atoms. The molecule has 14 heteroatoms. The number of hydrogen-bond acceptors (Lipinski definition) is 10. The van der Waals surface area contributed by atoms with Crippen molar-refractivity contribution in [2.24, 2.45) is 0 Å². The van der Waals surface area contributed by atoms with Gasteiger partial charge in [0.25, 0.3) is 0 Å². The van der Waals surface area contributed by atoms with Gasteiger partial charge in [0, 0.05) is 12.7 Å². The zero-order valence-corrected chi connectivity index (χ0v) is 23.1. The molecule has 0 spiro atoms. The number of anilines is 1. The van der Waals surface area contributed by atoms with Crippen LogP contribution in [0.5, 0.6) is 0 Å². The first-order chi connectivity index (χ1) is 21.0. The molecular formula is C29H29N7O7. The van der Waals surface area contributed by atoms with Gasteiger partial charge in [-0.05, 0) is 30.7 Å². The van der Waals surface area contributed by atoms with Gasteiger partial charge in [-0.25, -0.2) is 24.5 Å². The van der Waals surface area contributed by atoms with Crippen LogP contribution < -0.4 is 10.6 Å². The van der Waals surface area contributed by atoms with Gasteiger partial charge in [0.05, 0.1) is 30.8 Å². The van der Waals surface area contributed by atoms with Crippen molar-refractivity contribution in [2.75, 3.05) is 18.5 Å². The molecule has 0 saturated carbocycles. The molecule has 2 saturated heterocycles. The number of carbonyl (C=O) groups is 2. The Morgan fingerprint density at radius 1 is 1.05 bits per heavy atom. The predicted molar refractivity (Wildman–Crippen MR) is 152 cm³/mol. The zero-order valence-electron chi connectivity index (χ0n) is 23.1.